The molecule has 1 saturated carbocycles. The van der Waals surface area contributed by atoms with Gasteiger partial charge in [0.15, 0.2) is 0 Å². The fourth-order valence-corrected chi connectivity index (χ4v) is 7.52. The minimum absolute atomic E-state index is 0.0189. The van der Waals surface area contributed by atoms with E-state index in [0.717, 1.165) is 18.4 Å². The van der Waals surface area contributed by atoms with E-state index in [9.17, 15) is 20.0 Å². The molecule has 8 nitrogen and oxygen atoms in total. The Labute approximate surface area is 252 Å². The number of nitriles is 1. The molecule has 2 fully saturated rings. The summed E-state index contributed by atoms with van der Waals surface area (Å²) in [6.45, 7) is 3.20. The van der Waals surface area contributed by atoms with Crippen LogP contribution in [0, 0.1) is 23.1 Å². The van der Waals surface area contributed by atoms with Crippen LogP contribution in [0.4, 0.5) is 10.1 Å². The molecular weight excluding hydrogens is 569 g/mol. The number of aromatic nitrogens is 2. The molecule has 1 amide bonds. The molecule has 1 aromatic heterocycles. The van der Waals surface area contributed by atoms with E-state index >= 15 is 4.39 Å². The van der Waals surface area contributed by atoms with Gasteiger partial charge >= 0.3 is 5.97 Å². The van der Waals surface area contributed by atoms with E-state index in [0.29, 0.717) is 53.6 Å². The van der Waals surface area contributed by atoms with Crippen molar-refractivity contribution in [1.29, 1.82) is 5.26 Å². The van der Waals surface area contributed by atoms with Crippen molar-refractivity contribution < 1.29 is 19.1 Å². The van der Waals surface area contributed by atoms with Crippen molar-refractivity contribution >= 4 is 40.2 Å². The Balaban J connectivity index is 1.43. The first kappa shape index (κ1) is 27.6. The van der Waals surface area contributed by atoms with E-state index in [1.54, 1.807) is 54.6 Å². The fraction of sp³-hybridized carbons (Fsp3) is 0.333. The van der Waals surface area contributed by atoms with Crippen LogP contribution in [0.5, 0.6) is 0 Å². The highest BCUT2D eigenvalue weighted by Crippen LogP contribution is 2.58. The molecule has 0 bridgehead atoms. The van der Waals surface area contributed by atoms with Gasteiger partial charge < -0.3 is 15.0 Å². The number of benzene rings is 3. The Bertz CT molecular complexity index is 1850. The van der Waals surface area contributed by atoms with E-state index in [-0.39, 0.29) is 28.5 Å². The van der Waals surface area contributed by atoms with E-state index in [1.807, 2.05) is 6.92 Å². The largest absolute Gasteiger partial charge is 0.478 e. The molecule has 1 aliphatic carbocycles. The number of amides is 1. The highest BCUT2D eigenvalue weighted by atomic mass is 35.5. The van der Waals surface area contributed by atoms with Crippen molar-refractivity contribution in [3.05, 3.63) is 94.0 Å². The molecule has 0 unspecified atom stereocenters. The third-order valence-corrected chi connectivity index (χ3v) is 9.82. The number of imidazole rings is 1. The molecule has 2 N–H and O–H groups in total. The number of rotatable bonds is 6. The van der Waals surface area contributed by atoms with Crippen LogP contribution in [0.15, 0.2) is 60.7 Å². The van der Waals surface area contributed by atoms with Crippen molar-refractivity contribution in [2.75, 3.05) is 11.9 Å². The second kappa shape index (κ2) is 10.2. The van der Waals surface area contributed by atoms with Gasteiger partial charge in [-0.3, -0.25) is 9.69 Å². The lowest BCUT2D eigenvalue weighted by molar-refractivity contribution is -0.127. The third kappa shape index (κ3) is 4.39. The van der Waals surface area contributed by atoms with Gasteiger partial charge in [-0.25, -0.2) is 14.2 Å². The Morgan fingerprint density at radius 2 is 1.95 bits per heavy atom. The first-order valence-electron chi connectivity index (χ1n) is 14.5. The minimum Gasteiger partial charge on any atom is -0.478 e. The molecule has 4 atom stereocenters. The zero-order valence-corrected chi connectivity index (χ0v) is 24.2. The second-order valence-corrected chi connectivity index (χ2v) is 12.4. The number of halogens is 2. The molecule has 4 aromatic rings. The number of anilines is 1. The van der Waals surface area contributed by atoms with Crippen molar-refractivity contribution in [1.82, 2.24) is 14.5 Å². The monoisotopic (exact) mass is 597 g/mol. The first-order valence-corrected chi connectivity index (χ1v) is 14.8. The summed E-state index contributed by atoms with van der Waals surface area (Å²) in [5.41, 5.74) is 1.56. The normalized spacial score (nSPS) is 24.7. The summed E-state index contributed by atoms with van der Waals surface area (Å²) in [5.74, 6) is -1.78. The summed E-state index contributed by atoms with van der Waals surface area (Å²) in [6, 6.07) is 18.6. The highest BCUT2D eigenvalue weighted by Gasteiger charge is 2.63. The SMILES string of the molecule is C[C@]1(C(=O)Nc2cccc(C#N)c2)[C@@H](c2cccc(Cl)c2F)[C@@H]2c3nc4cc(C(=O)O)ccc4n3CC[C@@H]2N1CC1CC1. The molecule has 3 aromatic carbocycles. The van der Waals surface area contributed by atoms with Gasteiger partial charge in [-0.2, -0.15) is 5.26 Å². The van der Waals surface area contributed by atoms with Gasteiger partial charge in [0.25, 0.3) is 0 Å². The molecule has 3 aliphatic rings. The molecule has 7 rings (SSSR count). The first-order chi connectivity index (χ1) is 20.7. The number of likely N-dealkylation sites (tertiary alicyclic amines) is 1. The summed E-state index contributed by atoms with van der Waals surface area (Å²) < 4.78 is 18.1. The van der Waals surface area contributed by atoms with E-state index < -0.39 is 23.2 Å². The quantitative estimate of drug-likeness (QED) is 0.275. The Kier molecular flexibility index (Phi) is 6.53. The van der Waals surface area contributed by atoms with Crippen LogP contribution in [0.3, 0.4) is 0 Å². The van der Waals surface area contributed by atoms with Crippen LogP contribution >= 0.6 is 11.6 Å². The number of fused-ring (bicyclic) bond motifs is 5. The number of aryl methyl sites for hydroxylation is 1. The molecule has 2 aliphatic heterocycles. The van der Waals surface area contributed by atoms with Gasteiger partial charge in [0.1, 0.15) is 17.2 Å². The molecule has 218 valence electrons. The molecule has 0 radical (unpaired) electrons. The number of hydrogen-bond acceptors (Lipinski definition) is 5. The van der Waals surface area contributed by atoms with Crippen molar-refractivity contribution in [2.24, 2.45) is 5.92 Å². The maximum atomic E-state index is 16.1. The number of carboxylic acid groups (broad SMARTS) is 1. The Morgan fingerprint density at radius 1 is 1.16 bits per heavy atom. The number of nitrogens with one attached hydrogen (secondary N) is 1. The zero-order chi connectivity index (χ0) is 30.0. The number of hydrogen-bond donors (Lipinski definition) is 2. The Hall–Kier alpha value is -4.26. The van der Waals surface area contributed by atoms with E-state index in [1.165, 1.54) is 6.07 Å². The average Bonchev–Trinajstić information content (AvgIpc) is 3.69. The number of aromatic carboxylic acids is 1. The summed E-state index contributed by atoms with van der Waals surface area (Å²) >= 11 is 6.35. The van der Waals surface area contributed by atoms with Crippen molar-refractivity contribution in [3.8, 4) is 6.07 Å². The molecular formula is C33H29ClFN5O3. The fourth-order valence-electron chi connectivity index (χ4n) is 7.33. The number of carboxylic acids is 1. The Morgan fingerprint density at radius 3 is 2.70 bits per heavy atom. The number of carbonyl (C=O) groups is 2. The van der Waals surface area contributed by atoms with Crippen molar-refractivity contribution in [2.45, 2.75) is 56.1 Å². The molecule has 3 heterocycles. The van der Waals surface area contributed by atoms with Crippen LogP contribution in [-0.2, 0) is 11.3 Å². The van der Waals surface area contributed by atoms with Gasteiger partial charge in [0.2, 0.25) is 5.91 Å². The van der Waals surface area contributed by atoms with Crippen LogP contribution in [0.1, 0.15) is 65.3 Å². The van der Waals surface area contributed by atoms with Gasteiger partial charge in [0.05, 0.1) is 33.3 Å². The predicted molar refractivity (Wildman–Crippen MR) is 160 cm³/mol. The zero-order valence-electron chi connectivity index (χ0n) is 23.4. The van der Waals surface area contributed by atoms with Gasteiger partial charge in [0, 0.05) is 36.7 Å². The maximum Gasteiger partial charge on any atom is 0.335 e. The standard InChI is InChI=1S/C33H29ClFN5O3/c1-33(32(43)37-21-5-2-4-19(14-21)16-36)28(22-6-3-7-23(34)29(22)35)27-26(40(33)17-18-8-9-18)12-13-39-25-11-10-20(31(41)42)15-24(25)38-30(27)39/h2-7,10-11,14-15,18,26-28H,8-9,12-13,17H2,1H3,(H,37,43)(H,41,42)/t26-,27+,28-,33+/m0/s1. The third-order valence-electron chi connectivity index (χ3n) is 9.53. The van der Waals surface area contributed by atoms with Gasteiger partial charge in [-0.05, 0) is 80.1 Å². The molecule has 10 heteroatoms. The summed E-state index contributed by atoms with van der Waals surface area (Å²) in [4.78, 5) is 33.5. The number of carbonyl (C=O) groups excluding carboxylic acids is 1. The molecule has 43 heavy (non-hydrogen) atoms. The maximum absolute atomic E-state index is 16.1. The van der Waals surface area contributed by atoms with Gasteiger partial charge in [-0.15, -0.1) is 0 Å². The summed E-state index contributed by atoms with van der Waals surface area (Å²) in [7, 11) is 0. The van der Waals surface area contributed by atoms with Crippen molar-refractivity contribution in [3.63, 3.8) is 0 Å². The van der Waals surface area contributed by atoms with Crippen LogP contribution < -0.4 is 5.32 Å². The minimum atomic E-state index is -1.20. The molecule has 1 saturated heterocycles. The van der Waals surface area contributed by atoms with Crippen LogP contribution in [0.25, 0.3) is 11.0 Å². The predicted octanol–water partition coefficient (Wildman–Crippen LogP) is 6.16. The molecule has 0 spiro atoms. The lowest BCUT2D eigenvalue weighted by Gasteiger charge is -2.40. The van der Waals surface area contributed by atoms with E-state index in [4.69, 9.17) is 16.6 Å². The summed E-state index contributed by atoms with van der Waals surface area (Å²) in [6.07, 6.45) is 2.85. The summed E-state index contributed by atoms with van der Waals surface area (Å²) in [5, 5.41) is 22.1. The number of nitrogens with zero attached hydrogens (tertiary/aromatic N) is 4. The lowest BCUT2D eigenvalue weighted by Crippen LogP contribution is -2.56. The lowest BCUT2D eigenvalue weighted by atomic mass is 9.73. The average molecular weight is 598 g/mol. The van der Waals surface area contributed by atoms with E-state index in [2.05, 4.69) is 20.9 Å². The highest BCUT2D eigenvalue weighted by molar-refractivity contribution is 6.30. The van der Waals surface area contributed by atoms with Crippen LogP contribution in [0.2, 0.25) is 5.02 Å². The van der Waals surface area contributed by atoms with Gasteiger partial charge in [-0.1, -0.05) is 29.8 Å². The van der Waals surface area contributed by atoms with Crippen LogP contribution in [-0.4, -0.2) is 49.6 Å². The smallest absolute Gasteiger partial charge is 0.335 e. The topological polar surface area (TPSA) is 111 Å². The second-order valence-electron chi connectivity index (χ2n) is 12.0.